The Hall–Kier alpha value is -5.77. The van der Waals surface area contributed by atoms with Gasteiger partial charge in [-0.3, -0.25) is 19.2 Å². The van der Waals surface area contributed by atoms with E-state index in [0.717, 1.165) is 0 Å². The maximum atomic E-state index is 14.4. The molecular formula is C27H21FN8O6S. The van der Waals surface area contributed by atoms with Crippen molar-refractivity contribution in [3.8, 4) is 0 Å². The highest BCUT2D eigenvalue weighted by atomic mass is 32.1. The number of aromatic amines is 1. The molecule has 16 heteroatoms. The topological polar surface area (TPSA) is 214 Å². The summed E-state index contributed by atoms with van der Waals surface area (Å²) in [5.74, 6) is -2.93. The van der Waals surface area contributed by atoms with E-state index in [9.17, 15) is 28.4 Å². The number of H-pyrrole nitrogens is 1. The van der Waals surface area contributed by atoms with Crippen LogP contribution < -0.4 is 32.5 Å². The standard InChI is InChI=1S/C27H21FN8O6S/c28-16-6-3-13(7-15(16)11-30-20-19(29)21(37)22(20)38)10-32-24(40)18-8-17(33-26-34-35-27(43)36(18)26)23(39)31-9-12-1-4-14(5-2-12)25(41)42/h1-8,30H,9-11,29H2,(H,31,39)(H,32,40)(H,35,43)(H,41,42). The molecule has 5 aromatic rings. The molecule has 0 spiro atoms. The number of carbonyl (C=O) groups excluding carboxylic acids is 2. The minimum absolute atomic E-state index is 0.0265. The first-order valence-corrected chi connectivity index (χ1v) is 12.9. The van der Waals surface area contributed by atoms with Gasteiger partial charge in [0, 0.05) is 25.2 Å². The SMILES string of the molecule is Nc1c(NCc2cc(CNC(=O)c3cc(C(=O)NCc4ccc(C(=O)O)cc4)nc4n[nH]c(=S)n34)ccc2F)c(=O)c1=O. The molecule has 5 rings (SSSR count). The van der Waals surface area contributed by atoms with Crippen molar-refractivity contribution in [3.05, 3.63) is 113 Å². The maximum absolute atomic E-state index is 14.4. The number of hydrogen-bond donors (Lipinski definition) is 6. The number of nitrogens with zero attached hydrogens (tertiary/aromatic N) is 3. The fourth-order valence-electron chi connectivity index (χ4n) is 4.15. The number of nitrogens with one attached hydrogen (secondary N) is 4. The van der Waals surface area contributed by atoms with Gasteiger partial charge >= 0.3 is 5.97 Å². The number of anilines is 2. The van der Waals surface area contributed by atoms with Crippen LogP contribution in [0, 0.1) is 10.6 Å². The zero-order valence-electron chi connectivity index (χ0n) is 21.9. The number of fused-ring (bicyclic) bond motifs is 1. The normalized spacial score (nSPS) is 11.0. The van der Waals surface area contributed by atoms with Crippen LogP contribution in [0.5, 0.6) is 0 Å². The summed E-state index contributed by atoms with van der Waals surface area (Å²) in [5, 5.41) is 23.5. The number of carbonyl (C=O) groups is 3. The number of nitrogen functional groups attached to an aromatic ring is 1. The maximum Gasteiger partial charge on any atom is 0.335 e. The van der Waals surface area contributed by atoms with Gasteiger partial charge in [0.2, 0.25) is 4.77 Å². The van der Waals surface area contributed by atoms with Crippen LogP contribution in [0.4, 0.5) is 15.8 Å². The number of aromatic nitrogens is 4. The van der Waals surface area contributed by atoms with E-state index >= 15 is 0 Å². The molecule has 0 aliphatic heterocycles. The highest BCUT2D eigenvalue weighted by Gasteiger charge is 2.20. The van der Waals surface area contributed by atoms with Gasteiger partial charge in [-0.05, 0) is 53.7 Å². The van der Waals surface area contributed by atoms with E-state index in [1.54, 1.807) is 12.1 Å². The Morgan fingerprint density at radius 3 is 2.33 bits per heavy atom. The average Bonchev–Trinajstić information content (AvgIpc) is 3.39. The van der Waals surface area contributed by atoms with Gasteiger partial charge in [0.15, 0.2) is 0 Å². The molecule has 2 heterocycles. The molecule has 0 aliphatic rings. The molecule has 3 aromatic carbocycles. The van der Waals surface area contributed by atoms with Crippen LogP contribution in [0.25, 0.3) is 5.78 Å². The number of carboxylic acids is 1. The minimum Gasteiger partial charge on any atom is -0.478 e. The lowest BCUT2D eigenvalue weighted by atomic mass is 10.1. The van der Waals surface area contributed by atoms with Gasteiger partial charge in [-0.25, -0.2) is 23.7 Å². The average molecular weight is 605 g/mol. The van der Waals surface area contributed by atoms with E-state index in [-0.39, 0.29) is 64.1 Å². The van der Waals surface area contributed by atoms with Crippen LogP contribution in [0.2, 0.25) is 0 Å². The highest BCUT2D eigenvalue weighted by Crippen LogP contribution is 2.16. The second-order valence-electron chi connectivity index (χ2n) is 9.28. The molecule has 0 saturated heterocycles. The van der Waals surface area contributed by atoms with Crippen molar-refractivity contribution in [2.75, 3.05) is 11.1 Å². The van der Waals surface area contributed by atoms with Gasteiger partial charge in [0.1, 0.15) is 28.6 Å². The number of benzene rings is 2. The van der Waals surface area contributed by atoms with Gasteiger partial charge in [-0.2, -0.15) is 0 Å². The predicted octanol–water partition coefficient (Wildman–Crippen LogP) is 1.27. The first-order valence-electron chi connectivity index (χ1n) is 12.5. The van der Waals surface area contributed by atoms with Crippen LogP contribution >= 0.6 is 12.2 Å². The van der Waals surface area contributed by atoms with Crippen molar-refractivity contribution in [1.82, 2.24) is 30.2 Å². The molecule has 0 unspecified atom stereocenters. The number of hydrogen-bond acceptors (Lipinski definition) is 10. The van der Waals surface area contributed by atoms with Crippen LogP contribution in [0.1, 0.15) is 48.0 Å². The molecule has 0 aliphatic carbocycles. The third-order valence-electron chi connectivity index (χ3n) is 6.47. The molecule has 0 atom stereocenters. The molecule has 43 heavy (non-hydrogen) atoms. The van der Waals surface area contributed by atoms with E-state index in [1.165, 1.54) is 40.8 Å². The van der Waals surface area contributed by atoms with Crippen molar-refractivity contribution in [1.29, 1.82) is 0 Å². The number of nitrogens with two attached hydrogens (primary N) is 1. The van der Waals surface area contributed by atoms with E-state index in [0.29, 0.717) is 11.1 Å². The fraction of sp³-hybridized carbons (Fsp3) is 0.111. The summed E-state index contributed by atoms with van der Waals surface area (Å²) in [6.45, 7) is -0.104. The van der Waals surface area contributed by atoms with Gasteiger partial charge in [0.05, 0.1) is 5.56 Å². The molecule has 2 aromatic heterocycles. The molecule has 0 fully saturated rings. The summed E-state index contributed by atoms with van der Waals surface area (Å²) < 4.78 is 15.7. The summed E-state index contributed by atoms with van der Waals surface area (Å²) in [6, 6.07) is 11.3. The lowest BCUT2D eigenvalue weighted by Gasteiger charge is -2.12. The number of aromatic carboxylic acids is 1. The largest absolute Gasteiger partial charge is 0.478 e. The lowest BCUT2D eigenvalue weighted by molar-refractivity contribution is 0.0696. The molecule has 0 bridgehead atoms. The molecule has 0 radical (unpaired) electrons. The summed E-state index contributed by atoms with van der Waals surface area (Å²) >= 11 is 5.22. The van der Waals surface area contributed by atoms with Crippen molar-refractivity contribution in [2.24, 2.45) is 0 Å². The van der Waals surface area contributed by atoms with Gasteiger partial charge < -0.3 is 26.8 Å². The van der Waals surface area contributed by atoms with Crippen LogP contribution in [-0.2, 0) is 19.6 Å². The van der Waals surface area contributed by atoms with E-state index in [4.69, 9.17) is 23.1 Å². The van der Waals surface area contributed by atoms with Gasteiger partial charge in [-0.15, -0.1) is 5.10 Å². The zero-order valence-corrected chi connectivity index (χ0v) is 22.8. The molecule has 2 amide bonds. The van der Waals surface area contributed by atoms with Gasteiger partial charge in [0.25, 0.3) is 28.4 Å². The zero-order chi connectivity index (χ0) is 30.8. The Kier molecular flexibility index (Phi) is 7.76. The Balaban J connectivity index is 1.29. The van der Waals surface area contributed by atoms with Crippen molar-refractivity contribution in [2.45, 2.75) is 19.6 Å². The Bertz CT molecular complexity index is 2050. The predicted molar refractivity (Wildman–Crippen MR) is 153 cm³/mol. The van der Waals surface area contributed by atoms with Crippen LogP contribution in [-0.4, -0.2) is 42.5 Å². The quantitative estimate of drug-likeness (QED) is 0.0986. The smallest absolute Gasteiger partial charge is 0.335 e. The van der Waals surface area contributed by atoms with Crippen molar-refractivity contribution in [3.63, 3.8) is 0 Å². The second kappa shape index (κ2) is 11.6. The van der Waals surface area contributed by atoms with Crippen LogP contribution in [0.15, 0.2) is 58.1 Å². The summed E-state index contributed by atoms with van der Waals surface area (Å²) in [6.07, 6.45) is 0. The molecule has 7 N–H and O–H groups in total. The number of carboxylic acid groups (broad SMARTS) is 1. The molecule has 218 valence electrons. The number of amides is 2. The molecule has 14 nitrogen and oxygen atoms in total. The number of halogens is 1. The first-order chi connectivity index (χ1) is 20.5. The van der Waals surface area contributed by atoms with Crippen LogP contribution in [0.3, 0.4) is 0 Å². The fourth-order valence-corrected chi connectivity index (χ4v) is 4.38. The summed E-state index contributed by atoms with van der Waals surface area (Å²) in [4.78, 5) is 64.2. The first kappa shape index (κ1) is 28.7. The summed E-state index contributed by atoms with van der Waals surface area (Å²) in [5.41, 5.74) is 4.90. The van der Waals surface area contributed by atoms with E-state index in [1.807, 2.05) is 0 Å². The second-order valence-corrected chi connectivity index (χ2v) is 9.67. The Morgan fingerprint density at radius 2 is 1.63 bits per heavy atom. The van der Waals surface area contributed by atoms with E-state index < -0.39 is 34.5 Å². The lowest BCUT2D eigenvalue weighted by Crippen LogP contribution is -2.37. The monoisotopic (exact) mass is 604 g/mol. The highest BCUT2D eigenvalue weighted by molar-refractivity contribution is 7.71. The minimum atomic E-state index is -1.07. The van der Waals surface area contributed by atoms with E-state index in [2.05, 4.69) is 31.1 Å². The van der Waals surface area contributed by atoms with Crippen molar-refractivity contribution >= 4 is 47.2 Å². The molecule has 0 saturated carbocycles. The summed E-state index contributed by atoms with van der Waals surface area (Å²) in [7, 11) is 0. The van der Waals surface area contributed by atoms with Gasteiger partial charge in [-0.1, -0.05) is 18.2 Å². The number of rotatable bonds is 10. The third kappa shape index (κ3) is 5.84. The Morgan fingerprint density at radius 1 is 0.953 bits per heavy atom. The Labute approximate surface area is 245 Å². The molecular weight excluding hydrogens is 583 g/mol. The van der Waals surface area contributed by atoms with Crippen molar-refractivity contribution < 1.29 is 23.9 Å². The third-order valence-corrected chi connectivity index (χ3v) is 6.75.